The van der Waals surface area contributed by atoms with E-state index in [4.69, 9.17) is 0 Å². The Bertz CT molecular complexity index is 516. The number of Topliss-reactive ketones (excluding diaryl/α,β-unsaturated/α-hetero) is 1. The van der Waals surface area contributed by atoms with Gasteiger partial charge in [0, 0.05) is 16.9 Å². The Hall–Kier alpha value is -1.48. The molecule has 1 aromatic carbocycles. The second kappa shape index (κ2) is 4.58. The summed E-state index contributed by atoms with van der Waals surface area (Å²) in [6.45, 7) is 1.92. The maximum Gasteiger partial charge on any atom is 0.168 e. The Balaban J connectivity index is 2.17. The van der Waals surface area contributed by atoms with Gasteiger partial charge in [-0.25, -0.2) is 4.39 Å². The minimum absolute atomic E-state index is 0.0457. The van der Waals surface area contributed by atoms with Crippen molar-refractivity contribution in [3.63, 3.8) is 0 Å². The molecule has 0 spiro atoms. The van der Waals surface area contributed by atoms with Crippen molar-refractivity contribution in [1.29, 1.82) is 0 Å². The smallest absolute Gasteiger partial charge is 0.168 e. The molecule has 1 heterocycles. The minimum Gasteiger partial charge on any atom is -0.294 e. The number of carbonyl (C=O) groups is 1. The van der Waals surface area contributed by atoms with Crippen molar-refractivity contribution < 1.29 is 9.18 Å². The van der Waals surface area contributed by atoms with Crippen LogP contribution in [0.2, 0.25) is 0 Å². The van der Waals surface area contributed by atoms with Gasteiger partial charge in [0.25, 0.3) is 0 Å². The first kappa shape index (κ1) is 11.0. The van der Waals surface area contributed by atoms with E-state index in [1.54, 1.807) is 23.5 Å². The lowest BCUT2D eigenvalue weighted by Crippen LogP contribution is -2.03. The Morgan fingerprint density at radius 3 is 2.81 bits per heavy atom. The van der Waals surface area contributed by atoms with E-state index in [0.29, 0.717) is 0 Å². The topological polar surface area (TPSA) is 17.1 Å². The summed E-state index contributed by atoms with van der Waals surface area (Å²) in [4.78, 5) is 12.9. The molecule has 0 amide bonds. The molecule has 2 aromatic rings. The molecular formula is C13H11FOS. The highest BCUT2D eigenvalue weighted by Gasteiger charge is 2.10. The molecule has 0 saturated heterocycles. The molecule has 2 rings (SSSR count). The van der Waals surface area contributed by atoms with Crippen LogP contribution in [0.1, 0.15) is 20.8 Å². The average molecular weight is 234 g/mol. The van der Waals surface area contributed by atoms with Crippen LogP contribution in [0.3, 0.4) is 0 Å². The summed E-state index contributed by atoms with van der Waals surface area (Å²) in [5.74, 6) is -0.253. The number of ketones is 1. The van der Waals surface area contributed by atoms with Crippen LogP contribution in [0, 0.1) is 12.7 Å². The second-order valence-corrected chi connectivity index (χ2v) is 4.74. The van der Waals surface area contributed by atoms with Gasteiger partial charge in [0.1, 0.15) is 5.82 Å². The van der Waals surface area contributed by atoms with Gasteiger partial charge in [0.05, 0.1) is 0 Å². The lowest BCUT2D eigenvalue weighted by molar-refractivity contribution is 0.0993. The second-order valence-electron chi connectivity index (χ2n) is 3.62. The van der Waals surface area contributed by atoms with E-state index in [2.05, 4.69) is 0 Å². The molecule has 0 fully saturated rings. The summed E-state index contributed by atoms with van der Waals surface area (Å²) in [7, 11) is 0. The molecule has 0 aliphatic heterocycles. The normalized spacial score (nSPS) is 10.4. The predicted octanol–water partition coefficient (Wildman–Crippen LogP) is 3.62. The van der Waals surface area contributed by atoms with Crippen molar-refractivity contribution in [3.8, 4) is 0 Å². The maximum atomic E-state index is 12.9. The molecule has 0 saturated carbocycles. The Labute approximate surface area is 97.6 Å². The first-order chi connectivity index (χ1) is 7.66. The van der Waals surface area contributed by atoms with Crippen LogP contribution < -0.4 is 0 Å². The molecule has 0 radical (unpaired) electrons. The fourth-order valence-corrected chi connectivity index (χ4v) is 2.32. The summed E-state index contributed by atoms with van der Waals surface area (Å²) in [6, 6.07) is 7.99. The molecule has 3 heteroatoms. The van der Waals surface area contributed by atoms with Gasteiger partial charge >= 0.3 is 0 Å². The highest BCUT2D eigenvalue weighted by Crippen LogP contribution is 2.17. The molecule has 16 heavy (non-hydrogen) atoms. The monoisotopic (exact) mass is 234 g/mol. The molecule has 82 valence electrons. The van der Waals surface area contributed by atoms with Gasteiger partial charge in [-0.05, 0) is 36.1 Å². The van der Waals surface area contributed by atoms with Gasteiger partial charge in [0.15, 0.2) is 5.78 Å². The summed E-state index contributed by atoms with van der Waals surface area (Å²) < 4.78 is 12.9. The third-order valence-electron chi connectivity index (χ3n) is 2.41. The van der Waals surface area contributed by atoms with Gasteiger partial charge < -0.3 is 0 Å². The molecule has 1 aromatic heterocycles. The summed E-state index contributed by atoms with van der Waals surface area (Å²) in [5, 5.41) is 1.90. The molecule has 0 aliphatic rings. The number of halogens is 1. The van der Waals surface area contributed by atoms with Gasteiger partial charge in [-0.15, -0.1) is 11.3 Å². The van der Waals surface area contributed by atoms with E-state index in [1.807, 2.05) is 18.4 Å². The van der Waals surface area contributed by atoms with Crippen LogP contribution in [0.4, 0.5) is 4.39 Å². The number of carbonyl (C=O) groups excluding carboxylic acids is 1. The van der Waals surface area contributed by atoms with Crippen molar-refractivity contribution in [3.05, 3.63) is 57.5 Å². The van der Waals surface area contributed by atoms with Crippen LogP contribution in [-0.4, -0.2) is 5.78 Å². The Morgan fingerprint density at radius 2 is 2.19 bits per heavy atom. The van der Waals surface area contributed by atoms with Gasteiger partial charge in [-0.2, -0.15) is 0 Å². The number of benzene rings is 1. The largest absolute Gasteiger partial charge is 0.294 e. The van der Waals surface area contributed by atoms with E-state index in [9.17, 15) is 9.18 Å². The summed E-state index contributed by atoms with van der Waals surface area (Å²) >= 11 is 1.55. The van der Waals surface area contributed by atoms with Gasteiger partial charge in [0.2, 0.25) is 0 Å². The number of hydrogen-bond donors (Lipinski definition) is 0. The average Bonchev–Trinajstić information content (AvgIpc) is 2.64. The Kier molecular flexibility index (Phi) is 3.15. The lowest BCUT2D eigenvalue weighted by atomic mass is 10.0. The molecule has 0 unspecified atom stereocenters. The highest BCUT2D eigenvalue weighted by atomic mass is 32.1. The fraction of sp³-hybridized carbons (Fsp3) is 0.154. The number of hydrogen-bond acceptors (Lipinski definition) is 2. The molecule has 1 nitrogen and oxygen atoms in total. The minimum atomic E-state index is -0.299. The van der Waals surface area contributed by atoms with E-state index in [1.165, 1.54) is 12.1 Å². The molecule has 0 aliphatic carbocycles. The number of aryl methyl sites for hydroxylation is 1. The zero-order chi connectivity index (χ0) is 11.5. The third-order valence-corrected chi connectivity index (χ3v) is 3.26. The van der Waals surface area contributed by atoms with Crippen LogP contribution in [0.5, 0.6) is 0 Å². The van der Waals surface area contributed by atoms with Crippen LogP contribution >= 0.6 is 11.3 Å². The molecule has 0 atom stereocenters. The SMILES string of the molecule is Cc1sccc1C(=O)Cc1cccc(F)c1. The lowest BCUT2D eigenvalue weighted by Gasteiger charge is -2.00. The van der Waals surface area contributed by atoms with E-state index < -0.39 is 0 Å². The standard InChI is InChI=1S/C13H11FOS/c1-9-12(5-6-16-9)13(15)8-10-3-2-4-11(14)7-10/h2-7H,8H2,1H3. The van der Waals surface area contributed by atoms with Gasteiger partial charge in [-0.1, -0.05) is 12.1 Å². The van der Waals surface area contributed by atoms with Crippen molar-refractivity contribution in [2.45, 2.75) is 13.3 Å². The Morgan fingerprint density at radius 1 is 1.38 bits per heavy atom. The van der Waals surface area contributed by atoms with Crippen molar-refractivity contribution in [1.82, 2.24) is 0 Å². The molecular weight excluding hydrogens is 223 g/mol. The number of thiophene rings is 1. The van der Waals surface area contributed by atoms with Crippen molar-refractivity contribution >= 4 is 17.1 Å². The van der Waals surface area contributed by atoms with Crippen LogP contribution in [0.25, 0.3) is 0 Å². The third kappa shape index (κ3) is 2.36. The van der Waals surface area contributed by atoms with E-state index in [0.717, 1.165) is 16.0 Å². The molecule has 0 N–H and O–H groups in total. The van der Waals surface area contributed by atoms with Gasteiger partial charge in [-0.3, -0.25) is 4.79 Å². The number of rotatable bonds is 3. The summed E-state index contributed by atoms with van der Waals surface area (Å²) in [6.07, 6.45) is 0.259. The van der Waals surface area contributed by atoms with Crippen LogP contribution in [-0.2, 0) is 6.42 Å². The highest BCUT2D eigenvalue weighted by molar-refractivity contribution is 7.10. The first-order valence-corrected chi connectivity index (χ1v) is 5.86. The first-order valence-electron chi connectivity index (χ1n) is 4.98. The maximum absolute atomic E-state index is 12.9. The summed E-state index contributed by atoms with van der Waals surface area (Å²) in [5.41, 5.74) is 1.46. The van der Waals surface area contributed by atoms with E-state index in [-0.39, 0.29) is 18.0 Å². The zero-order valence-electron chi connectivity index (χ0n) is 8.87. The molecule has 0 bridgehead atoms. The predicted molar refractivity (Wildman–Crippen MR) is 63.5 cm³/mol. The van der Waals surface area contributed by atoms with Crippen molar-refractivity contribution in [2.24, 2.45) is 0 Å². The zero-order valence-corrected chi connectivity index (χ0v) is 9.68. The van der Waals surface area contributed by atoms with E-state index >= 15 is 0 Å². The fourth-order valence-electron chi connectivity index (χ4n) is 1.60. The quantitative estimate of drug-likeness (QED) is 0.741. The van der Waals surface area contributed by atoms with Crippen LogP contribution in [0.15, 0.2) is 35.7 Å². The van der Waals surface area contributed by atoms with Crippen molar-refractivity contribution in [2.75, 3.05) is 0 Å².